The molecular weight excluding hydrogens is 254 g/mol. The van der Waals surface area contributed by atoms with E-state index >= 15 is 0 Å². The number of rotatable bonds is 1. The Morgan fingerprint density at radius 1 is 1.44 bits per heavy atom. The number of thiophene rings is 1. The zero-order valence-corrected chi connectivity index (χ0v) is 10.4. The van der Waals surface area contributed by atoms with Crippen molar-refractivity contribution in [2.24, 2.45) is 0 Å². The molecule has 1 aromatic heterocycles. The van der Waals surface area contributed by atoms with Crippen molar-refractivity contribution >= 4 is 17.2 Å². The minimum Gasteiger partial charge on any atom is -0.388 e. The van der Waals surface area contributed by atoms with E-state index in [1.54, 1.807) is 11.4 Å². The van der Waals surface area contributed by atoms with Gasteiger partial charge in [0, 0.05) is 18.5 Å². The SMILES string of the molecule is O=C(c1csc(C#CCO)c1)N1CC(O)C(O)C1. The second-order valence-corrected chi connectivity index (χ2v) is 4.92. The van der Waals surface area contributed by atoms with E-state index in [1.165, 1.54) is 16.2 Å². The number of aliphatic hydroxyl groups is 3. The predicted octanol–water partition coefficient (Wildman–Crippen LogP) is -0.730. The number of carbonyl (C=O) groups excluding carboxylic acids is 1. The molecule has 2 unspecified atom stereocenters. The minimum absolute atomic E-state index is 0.146. The molecule has 0 aromatic carbocycles. The first-order valence-corrected chi connectivity index (χ1v) is 6.33. The van der Waals surface area contributed by atoms with E-state index in [0.717, 1.165) is 0 Å². The van der Waals surface area contributed by atoms with Crippen molar-refractivity contribution in [3.05, 3.63) is 21.9 Å². The Morgan fingerprint density at radius 3 is 2.72 bits per heavy atom. The van der Waals surface area contributed by atoms with E-state index in [1.807, 2.05) is 0 Å². The molecule has 0 bridgehead atoms. The molecule has 2 heterocycles. The van der Waals surface area contributed by atoms with E-state index in [0.29, 0.717) is 10.4 Å². The standard InChI is InChI=1S/C12H13NO4S/c14-3-1-2-9-4-8(7-18-9)12(17)13-5-10(15)11(16)6-13/h4,7,10-11,14-16H,3,5-6H2. The van der Waals surface area contributed by atoms with Gasteiger partial charge >= 0.3 is 0 Å². The molecule has 1 saturated heterocycles. The van der Waals surface area contributed by atoms with Crippen LogP contribution in [0.2, 0.25) is 0 Å². The molecule has 6 heteroatoms. The molecule has 1 fully saturated rings. The maximum absolute atomic E-state index is 12.0. The second kappa shape index (κ2) is 5.50. The lowest BCUT2D eigenvalue weighted by molar-refractivity contribution is 0.0572. The summed E-state index contributed by atoms with van der Waals surface area (Å²) in [6, 6.07) is 1.65. The Balaban J connectivity index is 2.08. The van der Waals surface area contributed by atoms with Gasteiger partial charge in [0.25, 0.3) is 5.91 Å². The highest BCUT2D eigenvalue weighted by molar-refractivity contribution is 7.10. The van der Waals surface area contributed by atoms with Crippen molar-refractivity contribution in [1.82, 2.24) is 4.90 Å². The van der Waals surface area contributed by atoms with Crippen molar-refractivity contribution in [2.45, 2.75) is 12.2 Å². The number of nitrogens with zero attached hydrogens (tertiary/aromatic N) is 1. The predicted molar refractivity (Wildman–Crippen MR) is 66.2 cm³/mol. The van der Waals surface area contributed by atoms with E-state index in [2.05, 4.69) is 11.8 Å². The Hall–Kier alpha value is -1.39. The quantitative estimate of drug-likeness (QED) is 0.586. The topological polar surface area (TPSA) is 81.0 Å². The van der Waals surface area contributed by atoms with Gasteiger partial charge in [0.1, 0.15) is 6.61 Å². The Kier molecular flexibility index (Phi) is 3.99. The summed E-state index contributed by atoms with van der Waals surface area (Å²) in [6.45, 7) is 0.0761. The number of aliphatic hydroxyl groups excluding tert-OH is 3. The third-order valence-electron chi connectivity index (χ3n) is 2.68. The van der Waals surface area contributed by atoms with E-state index in [4.69, 9.17) is 5.11 Å². The first-order chi connectivity index (χ1) is 8.61. The summed E-state index contributed by atoms with van der Waals surface area (Å²) < 4.78 is 0. The summed E-state index contributed by atoms with van der Waals surface area (Å²) in [4.78, 5) is 14.2. The number of amides is 1. The second-order valence-electron chi connectivity index (χ2n) is 4.00. The average Bonchev–Trinajstić information content (AvgIpc) is 2.94. The van der Waals surface area contributed by atoms with E-state index in [9.17, 15) is 15.0 Å². The van der Waals surface area contributed by atoms with Gasteiger partial charge in [-0.1, -0.05) is 11.8 Å². The Bertz CT molecular complexity index is 492. The van der Waals surface area contributed by atoms with Crippen molar-refractivity contribution in [3.8, 4) is 11.8 Å². The molecule has 0 aliphatic carbocycles. The molecule has 18 heavy (non-hydrogen) atoms. The monoisotopic (exact) mass is 267 g/mol. The summed E-state index contributed by atoms with van der Waals surface area (Å²) in [5.74, 6) is 5.02. The summed E-state index contributed by atoms with van der Waals surface area (Å²) in [6.07, 6.45) is -1.75. The Labute approximate surface area is 108 Å². The van der Waals surface area contributed by atoms with Crippen LogP contribution in [-0.2, 0) is 0 Å². The van der Waals surface area contributed by atoms with Crippen LogP contribution in [-0.4, -0.2) is 58.0 Å². The van der Waals surface area contributed by atoms with Gasteiger partial charge in [-0.15, -0.1) is 11.3 Å². The number of carbonyl (C=O) groups is 1. The summed E-state index contributed by atoms with van der Waals surface area (Å²) in [5, 5.41) is 29.0. The lowest BCUT2D eigenvalue weighted by Gasteiger charge is -2.13. The third-order valence-corrected chi connectivity index (χ3v) is 3.53. The third kappa shape index (κ3) is 2.71. The fourth-order valence-corrected chi connectivity index (χ4v) is 2.51. The summed E-state index contributed by atoms with van der Waals surface area (Å²) in [5.41, 5.74) is 0.489. The largest absolute Gasteiger partial charge is 0.388 e. The zero-order chi connectivity index (χ0) is 13.1. The lowest BCUT2D eigenvalue weighted by Crippen LogP contribution is -2.29. The fourth-order valence-electron chi connectivity index (χ4n) is 1.76. The highest BCUT2D eigenvalue weighted by Crippen LogP contribution is 2.18. The van der Waals surface area contributed by atoms with Crippen LogP contribution in [0.25, 0.3) is 0 Å². The molecule has 0 radical (unpaired) electrons. The van der Waals surface area contributed by atoms with Crippen molar-refractivity contribution in [3.63, 3.8) is 0 Å². The molecule has 3 N–H and O–H groups in total. The molecule has 96 valence electrons. The van der Waals surface area contributed by atoms with Crippen LogP contribution in [0, 0.1) is 11.8 Å². The summed E-state index contributed by atoms with van der Waals surface area (Å²) >= 11 is 1.32. The van der Waals surface area contributed by atoms with Gasteiger partial charge in [0.15, 0.2) is 0 Å². The molecule has 2 rings (SSSR count). The molecule has 1 aliphatic rings. The molecule has 0 spiro atoms. The maximum atomic E-state index is 12.0. The van der Waals surface area contributed by atoms with Gasteiger partial charge in [-0.3, -0.25) is 4.79 Å². The molecule has 1 aliphatic heterocycles. The van der Waals surface area contributed by atoms with Gasteiger partial charge in [-0.2, -0.15) is 0 Å². The maximum Gasteiger partial charge on any atom is 0.254 e. The first kappa shape index (κ1) is 13.1. The van der Waals surface area contributed by atoms with Gasteiger partial charge in [0.05, 0.1) is 22.6 Å². The minimum atomic E-state index is -0.874. The van der Waals surface area contributed by atoms with Crippen LogP contribution in [0.15, 0.2) is 11.4 Å². The van der Waals surface area contributed by atoms with Gasteiger partial charge in [-0.05, 0) is 6.07 Å². The van der Waals surface area contributed by atoms with Crippen LogP contribution < -0.4 is 0 Å². The van der Waals surface area contributed by atoms with Crippen LogP contribution in [0.4, 0.5) is 0 Å². The number of hydrogen-bond acceptors (Lipinski definition) is 5. The van der Waals surface area contributed by atoms with Gasteiger partial charge < -0.3 is 20.2 Å². The van der Waals surface area contributed by atoms with Crippen molar-refractivity contribution < 1.29 is 20.1 Å². The zero-order valence-electron chi connectivity index (χ0n) is 9.54. The molecule has 5 nitrogen and oxygen atoms in total. The molecule has 1 aromatic rings. The molecule has 2 atom stereocenters. The summed E-state index contributed by atoms with van der Waals surface area (Å²) in [7, 11) is 0. The normalized spacial score (nSPS) is 22.7. The molecule has 0 saturated carbocycles. The van der Waals surface area contributed by atoms with Crippen molar-refractivity contribution in [1.29, 1.82) is 0 Å². The Morgan fingerprint density at radius 2 is 2.11 bits per heavy atom. The van der Waals surface area contributed by atoms with Crippen LogP contribution in [0.5, 0.6) is 0 Å². The van der Waals surface area contributed by atoms with Gasteiger partial charge in [-0.25, -0.2) is 0 Å². The van der Waals surface area contributed by atoms with Gasteiger partial charge in [0.2, 0.25) is 0 Å². The average molecular weight is 267 g/mol. The van der Waals surface area contributed by atoms with Crippen LogP contribution in [0.1, 0.15) is 15.2 Å². The number of β-amino-alcohol motifs (C(OH)–C–C–N with tert-alkyl or cyclic N) is 2. The number of hydrogen-bond donors (Lipinski definition) is 3. The van der Waals surface area contributed by atoms with Crippen LogP contribution in [0.3, 0.4) is 0 Å². The highest BCUT2D eigenvalue weighted by atomic mass is 32.1. The smallest absolute Gasteiger partial charge is 0.254 e. The number of likely N-dealkylation sites (tertiary alicyclic amines) is 1. The van der Waals surface area contributed by atoms with Crippen molar-refractivity contribution in [2.75, 3.05) is 19.7 Å². The lowest BCUT2D eigenvalue weighted by atomic mass is 10.2. The van der Waals surface area contributed by atoms with Crippen LogP contribution >= 0.6 is 11.3 Å². The molecular formula is C12H13NO4S. The fraction of sp³-hybridized carbons (Fsp3) is 0.417. The van der Waals surface area contributed by atoms with E-state index < -0.39 is 12.2 Å². The highest BCUT2D eigenvalue weighted by Gasteiger charge is 2.33. The molecule has 1 amide bonds. The first-order valence-electron chi connectivity index (χ1n) is 5.45. The van der Waals surface area contributed by atoms with E-state index in [-0.39, 0.29) is 25.6 Å².